The van der Waals surface area contributed by atoms with Gasteiger partial charge in [-0.1, -0.05) is 23.2 Å². The van der Waals surface area contributed by atoms with Gasteiger partial charge < -0.3 is 10.0 Å². The number of carbonyl (C=O) groups excluding carboxylic acids is 1. The van der Waals surface area contributed by atoms with Gasteiger partial charge in [0, 0.05) is 13.1 Å². The number of carbonyl (C=O) groups is 2. The van der Waals surface area contributed by atoms with Gasteiger partial charge in [0.2, 0.25) is 0 Å². The zero-order valence-corrected chi connectivity index (χ0v) is 11.7. The molecule has 0 aromatic carbocycles. The van der Waals surface area contributed by atoms with Crippen LogP contribution < -0.4 is 0 Å². The summed E-state index contributed by atoms with van der Waals surface area (Å²) in [4.78, 5) is 28.8. The van der Waals surface area contributed by atoms with Crippen molar-refractivity contribution >= 4 is 35.1 Å². The standard InChI is InChI=1S/C12H12Cl2N2O3/c1-12(11(18)19)4-5-16(6-12)10(17)9-7(13)2-3-8(14)15-9/h2-3H,4-6H2,1H3,(H,18,19). The number of rotatable bonds is 2. The second-order valence-corrected chi connectivity index (χ2v) is 5.60. The lowest BCUT2D eigenvalue weighted by Gasteiger charge is -2.20. The van der Waals surface area contributed by atoms with E-state index in [-0.39, 0.29) is 22.4 Å². The normalized spacial score (nSPS) is 22.6. The minimum absolute atomic E-state index is 0.0591. The van der Waals surface area contributed by atoms with E-state index in [0.717, 1.165) is 0 Å². The van der Waals surface area contributed by atoms with Crippen molar-refractivity contribution in [3.63, 3.8) is 0 Å². The third-order valence-corrected chi connectivity index (χ3v) is 3.81. The minimum Gasteiger partial charge on any atom is -0.481 e. The molecule has 1 fully saturated rings. The predicted octanol–water partition coefficient (Wildman–Crippen LogP) is 2.33. The van der Waals surface area contributed by atoms with Gasteiger partial charge in [-0.15, -0.1) is 0 Å². The highest BCUT2D eigenvalue weighted by molar-refractivity contribution is 6.34. The Labute approximate surface area is 120 Å². The summed E-state index contributed by atoms with van der Waals surface area (Å²) >= 11 is 11.7. The number of hydrogen-bond donors (Lipinski definition) is 1. The first-order valence-electron chi connectivity index (χ1n) is 5.68. The highest BCUT2D eigenvalue weighted by atomic mass is 35.5. The molecule has 1 aromatic rings. The molecule has 1 aliphatic heterocycles. The summed E-state index contributed by atoms with van der Waals surface area (Å²) in [5, 5.41) is 9.52. The summed E-state index contributed by atoms with van der Waals surface area (Å²) in [6.45, 7) is 2.13. The van der Waals surface area contributed by atoms with Gasteiger partial charge in [-0.25, -0.2) is 4.98 Å². The molecule has 0 radical (unpaired) electrons. The van der Waals surface area contributed by atoms with Crippen LogP contribution in [0.15, 0.2) is 12.1 Å². The van der Waals surface area contributed by atoms with Crippen molar-refractivity contribution in [2.45, 2.75) is 13.3 Å². The molecule has 2 rings (SSSR count). The first-order chi connectivity index (χ1) is 8.83. The van der Waals surface area contributed by atoms with Crippen molar-refractivity contribution in [1.29, 1.82) is 0 Å². The van der Waals surface area contributed by atoms with Gasteiger partial charge in [-0.2, -0.15) is 0 Å². The van der Waals surface area contributed by atoms with Crippen molar-refractivity contribution in [3.8, 4) is 0 Å². The summed E-state index contributed by atoms with van der Waals surface area (Å²) in [7, 11) is 0. The largest absolute Gasteiger partial charge is 0.481 e. The van der Waals surface area contributed by atoms with Gasteiger partial charge >= 0.3 is 5.97 Å². The molecule has 1 saturated heterocycles. The number of carboxylic acids is 1. The fraction of sp³-hybridized carbons (Fsp3) is 0.417. The summed E-state index contributed by atoms with van der Waals surface area (Å²) in [5.41, 5.74) is -0.857. The quantitative estimate of drug-likeness (QED) is 0.851. The van der Waals surface area contributed by atoms with E-state index >= 15 is 0 Å². The summed E-state index contributed by atoms with van der Waals surface area (Å²) in [6.07, 6.45) is 0.409. The molecule has 1 N–H and O–H groups in total. The molecule has 0 aliphatic carbocycles. The number of amides is 1. The van der Waals surface area contributed by atoms with Crippen molar-refractivity contribution in [3.05, 3.63) is 28.0 Å². The molecular weight excluding hydrogens is 291 g/mol. The van der Waals surface area contributed by atoms with Gasteiger partial charge in [0.15, 0.2) is 0 Å². The Morgan fingerprint density at radius 2 is 2.11 bits per heavy atom. The van der Waals surface area contributed by atoms with Crippen LogP contribution in [-0.2, 0) is 4.79 Å². The zero-order valence-electron chi connectivity index (χ0n) is 10.2. The molecule has 1 atom stereocenters. The van der Waals surface area contributed by atoms with Gasteiger partial charge in [-0.05, 0) is 25.5 Å². The van der Waals surface area contributed by atoms with Crippen LogP contribution >= 0.6 is 23.2 Å². The average Bonchev–Trinajstić information content (AvgIpc) is 2.76. The van der Waals surface area contributed by atoms with Gasteiger partial charge in [0.25, 0.3) is 5.91 Å². The van der Waals surface area contributed by atoms with E-state index in [1.165, 1.54) is 17.0 Å². The number of pyridine rings is 1. The van der Waals surface area contributed by atoms with E-state index in [4.69, 9.17) is 28.3 Å². The van der Waals surface area contributed by atoms with E-state index in [1.807, 2.05) is 0 Å². The summed E-state index contributed by atoms with van der Waals surface area (Å²) in [5.74, 6) is -1.30. The van der Waals surface area contributed by atoms with Crippen molar-refractivity contribution in [2.75, 3.05) is 13.1 Å². The third-order valence-electron chi connectivity index (χ3n) is 3.29. The van der Waals surface area contributed by atoms with Crippen LogP contribution in [-0.4, -0.2) is 40.0 Å². The molecule has 0 spiro atoms. The number of nitrogens with zero attached hydrogens (tertiary/aromatic N) is 2. The highest BCUT2D eigenvalue weighted by Crippen LogP contribution is 2.31. The van der Waals surface area contributed by atoms with E-state index in [2.05, 4.69) is 4.98 Å². The average molecular weight is 303 g/mol. The fourth-order valence-corrected chi connectivity index (χ4v) is 2.36. The smallest absolute Gasteiger partial charge is 0.311 e. The maximum Gasteiger partial charge on any atom is 0.311 e. The van der Waals surface area contributed by atoms with Gasteiger partial charge in [-0.3, -0.25) is 9.59 Å². The molecule has 102 valence electrons. The molecule has 1 aromatic heterocycles. The summed E-state index contributed by atoms with van der Waals surface area (Å²) in [6, 6.07) is 2.99. The van der Waals surface area contributed by atoms with E-state index in [0.29, 0.717) is 13.0 Å². The first kappa shape index (κ1) is 14.1. The molecule has 2 heterocycles. The molecule has 1 amide bonds. The van der Waals surface area contributed by atoms with Gasteiger partial charge in [0.1, 0.15) is 10.8 Å². The number of likely N-dealkylation sites (tertiary alicyclic amines) is 1. The van der Waals surface area contributed by atoms with Gasteiger partial charge in [0.05, 0.1) is 10.4 Å². The molecule has 0 saturated carbocycles. The minimum atomic E-state index is -0.916. The zero-order chi connectivity index (χ0) is 14.2. The number of halogens is 2. The Morgan fingerprint density at radius 3 is 2.68 bits per heavy atom. The lowest BCUT2D eigenvalue weighted by molar-refractivity contribution is -0.147. The van der Waals surface area contributed by atoms with Crippen molar-refractivity contribution in [2.24, 2.45) is 5.41 Å². The number of aromatic nitrogens is 1. The number of hydrogen-bond acceptors (Lipinski definition) is 3. The third kappa shape index (κ3) is 2.67. The van der Waals surface area contributed by atoms with Crippen LogP contribution in [0.2, 0.25) is 10.2 Å². The Morgan fingerprint density at radius 1 is 1.42 bits per heavy atom. The Bertz CT molecular complexity index is 550. The molecular formula is C12H12Cl2N2O3. The number of carboxylic acid groups (broad SMARTS) is 1. The Kier molecular flexibility index (Phi) is 3.69. The molecule has 19 heavy (non-hydrogen) atoms. The topological polar surface area (TPSA) is 70.5 Å². The lowest BCUT2D eigenvalue weighted by atomic mass is 9.90. The van der Waals surface area contributed by atoms with Crippen molar-refractivity contribution in [1.82, 2.24) is 9.88 Å². The van der Waals surface area contributed by atoms with Crippen molar-refractivity contribution < 1.29 is 14.7 Å². The van der Waals surface area contributed by atoms with Crippen LogP contribution in [0.25, 0.3) is 0 Å². The highest BCUT2D eigenvalue weighted by Gasteiger charge is 2.42. The molecule has 7 heteroatoms. The lowest BCUT2D eigenvalue weighted by Crippen LogP contribution is -2.35. The van der Waals surface area contributed by atoms with E-state index < -0.39 is 17.3 Å². The van der Waals surface area contributed by atoms with Crippen LogP contribution in [0.4, 0.5) is 0 Å². The maximum atomic E-state index is 12.3. The van der Waals surface area contributed by atoms with E-state index in [1.54, 1.807) is 6.92 Å². The molecule has 1 aliphatic rings. The molecule has 5 nitrogen and oxygen atoms in total. The predicted molar refractivity (Wildman–Crippen MR) is 70.5 cm³/mol. The second kappa shape index (κ2) is 4.98. The second-order valence-electron chi connectivity index (χ2n) is 4.81. The Hall–Kier alpha value is -1.33. The van der Waals surface area contributed by atoms with Crippen LogP contribution in [0.1, 0.15) is 23.8 Å². The molecule has 0 bridgehead atoms. The molecule has 1 unspecified atom stereocenters. The van der Waals surface area contributed by atoms with E-state index in [9.17, 15) is 9.59 Å². The Balaban J connectivity index is 2.22. The monoisotopic (exact) mass is 302 g/mol. The fourth-order valence-electron chi connectivity index (χ4n) is 2.03. The SMILES string of the molecule is CC1(C(=O)O)CCN(C(=O)c2nc(Cl)ccc2Cl)C1. The number of aliphatic carboxylic acids is 1. The maximum absolute atomic E-state index is 12.3. The van der Waals surface area contributed by atoms with Crippen LogP contribution in [0.5, 0.6) is 0 Å². The summed E-state index contributed by atoms with van der Waals surface area (Å²) < 4.78 is 0. The van der Waals surface area contributed by atoms with Crippen LogP contribution in [0.3, 0.4) is 0 Å². The first-order valence-corrected chi connectivity index (χ1v) is 6.44. The van der Waals surface area contributed by atoms with Crippen LogP contribution in [0, 0.1) is 5.41 Å².